The summed E-state index contributed by atoms with van der Waals surface area (Å²) in [5.41, 5.74) is 0.218. The molecule has 3 rings (SSSR count). The van der Waals surface area contributed by atoms with Crippen LogP contribution < -0.4 is 10.6 Å². The van der Waals surface area contributed by atoms with Crippen molar-refractivity contribution in [1.29, 1.82) is 0 Å². The lowest BCUT2D eigenvalue weighted by Gasteiger charge is -2.40. The molecule has 27 heavy (non-hydrogen) atoms. The number of rotatable bonds is 6. The molecular formula is C21H32ClFN2O2. The highest BCUT2D eigenvalue weighted by atomic mass is 35.5. The van der Waals surface area contributed by atoms with E-state index in [4.69, 9.17) is 4.74 Å². The van der Waals surface area contributed by atoms with Crippen LogP contribution in [0.5, 0.6) is 0 Å². The van der Waals surface area contributed by atoms with Crippen LogP contribution in [0.3, 0.4) is 0 Å². The predicted molar refractivity (Wildman–Crippen MR) is 108 cm³/mol. The number of carbonyl (C=O) groups excluding carboxylic acids is 1. The molecule has 2 N–H and O–H groups in total. The van der Waals surface area contributed by atoms with Gasteiger partial charge in [0.25, 0.3) is 0 Å². The average molecular weight is 399 g/mol. The molecule has 1 amide bonds. The van der Waals surface area contributed by atoms with E-state index in [1.54, 1.807) is 19.2 Å². The Morgan fingerprint density at radius 1 is 1.19 bits per heavy atom. The molecule has 1 aliphatic carbocycles. The molecule has 1 saturated heterocycles. The highest BCUT2D eigenvalue weighted by Crippen LogP contribution is 2.40. The van der Waals surface area contributed by atoms with Crippen LogP contribution in [0.25, 0.3) is 0 Å². The largest absolute Gasteiger partial charge is 0.384 e. The average Bonchev–Trinajstić information content (AvgIpc) is 2.68. The summed E-state index contributed by atoms with van der Waals surface area (Å²) in [6.45, 7) is 3.18. The maximum absolute atomic E-state index is 13.8. The number of methoxy groups -OCH3 is 1. The van der Waals surface area contributed by atoms with Gasteiger partial charge in [-0.1, -0.05) is 31.4 Å². The van der Waals surface area contributed by atoms with Gasteiger partial charge < -0.3 is 15.4 Å². The van der Waals surface area contributed by atoms with Crippen molar-refractivity contribution in [2.24, 2.45) is 5.41 Å². The second-order valence-corrected chi connectivity index (χ2v) is 8.02. The van der Waals surface area contributed by atoms with Crippen molar-refractivity contribution in [3.63, 3.8) is 0 Å². The minimum absolute atomic E-state index is 0. The van der Waals surface area contributed by atoms with Crippen molar-refractivity contribution in [2.75, 3.05) is 33.4 Å². The lowest BCUT2D eigenvalue weighted by Crippen LogP contribution is -2.52. The molecule has 1 aromatic carbocycles. The first-order valence-corrected chi connectivity index (χ1v) is 9.84. The van der Waals surface area contributed by atoms with Crippen molar-refractivity contribution >= 4 is 18.3 Å². The molecular weight excluding hydrogens is 367 g/mol. The van der Waals surface area contributed by atoms with Gasteiger partial charge in [-0.05, 0) is 56.5 Å². The summed E-state index contributed by atoms with van der Waals surface area (Å²) in [6.07, 6.45) is 6.74. The van der Waals surface area contributed by atoms with Gasteiger partial charge in [0.2, 0.25) is 5.91 Å². The van der Waals surface area contributed by atoms with E-state index in [1.807, 2.05) is 6.07 Å². The first-order chi connectivity index (χ1) is 12.6. The summed E-state index contributed by atoms with van der Waals surface area (Å²) in [5, 5.41) is 6.62. The Morgan fingerprint density at radius 3 is 2.52 bits per heavy atom. The van der Waals surface area contributed by atoms with Gasteiger partial charge in [-0.25, -0.2) is 4.39 Å². The first kappa shape index (κ1) is 22.1. The van der Waals surface area contributed by atoms with E-state index in [0.717, 1.165) is 63.6 Å². The lowest BCUT2D eigenvalue weighted by atomic mass is 9.68. The molecule has 152 valence electrons. The van der Waals surface area contributed by atoms with E-state index in [0.29, 0.717) is 13.2 Å². The van der Waals surface area contributed by atoms with Crippen molar-refractivity contribution in [2.45, 2.75) is 50.4 Å². The summed E-state index contributed by atoms with van der Waals surface area (Å²) in [4.78, 5) is 13.3. The number of piperidine rings is 1. The maximum atomic E-state index is 13.8. The number of nitrogens with one attached hydrogen (secondary N) is 2. The molecule has 0 bridgehead atoms. The third-order valence-corrected chi connectivity index (χ3v) is 6.26. The summed E-state index contributed by atoms with van der Waals surface area (Å²) < 4.78 is 19.3. The standard InChI is InChI=1S/C21H31FN2O2.ClH/c1-26-16-20(10-12-23-13-11-20)15-24-19(25)21(8-3-2-4-9-21)17-6-5-7-18(22)14-17;/h5-7,14,23H,2-4,8-13,15-16H2,1H3,(H,24,25);1H. The van der Waals surface area contributed by atoms with E-state index < -0.39 is 5.41 Å². The van der Waals surface area contributed by atoms with Crippen LogP contribution in [0.2, 0.25) is 0 Å². The maximum Gasteiger partial charge on any atom is 0.230 e. The van der Waals surface area contributed by atoms with Crippen molar-refractivity contribution in [3.8, 4) is 0 Å². The molecule has 1 aliphatic heterocycles. The number of benzene rings is 1. The zero-order chi connectivity index (χ0) is 18.5. The lowest BCUT2D eigenvalue weighted by molar-refractivity contribution is -0.129. The van der Waals surface area contributed by atoms with Crippen LogP contribution in [0.4, 0.5) is 4.39 Å². The highest BCUT2D eigenvalue weighted by molar-refractivity contribution is 5.88. The molecule has 0 radical (unpaired) electrons. The quantitative estimate of drug-likeness (QED) is 0.770. The van der Waals surface area contributed by atoms with Crippen molar-refractivity contribution < 1.29 is 13.9 Å². The molecule has 6 heteroatoms. The highest BCUT2D eigenvalue weighted by Gasteiger charge is 2.42. The van der Waals surface area contributed by atoms with Gasteiger partial charge in [0.1, 0.15) is 5.82 Å². The van der Waals surface area contributed by atoms with Crippen LogP contribution in [0, 0.1) is 11.2 Å². The van der Waals surface area contributed by atoms with Gasteiger partial charge in [0.15, 0.2) is 0 Å². The van der Waals surface area contributed by atoms with E-state index in [1.165, 1.54) is 6.07 Å². The normalized spacial score (nSPS) is 21.1. The van der Waals surface area contributed by atoms with Crippen LogP contribution >= 0.6 is 12.4 Å². The van der Waals surface area contributed by atoms with Gasteiger partial charge >= 0.3 is 0 Å². The second kappa shape index (κ2) is 9.85. The van der Waals surface area contributed by atoms with E-state index in [2.05, 4.69) is 10.6 Å². The van der Waals surface area contributed by atoms with Crippen LogP contribution in [0.1, 0.15) is 50.5 Å². The van der Waals surface area contributed by atoms with Crippen LogP contribution in [-0.2, 0) is 14.9 Å². The summed E-state index contributed by atoms with van der Waals surface area (Å²) in [7, 11) is 1.72. The Labute approximate surface area is 168 Å². The number of hydrogen-bond acceptors (Lipinski definition) is 3. The Hall–Kier alpha value is -1.17. The summed E-state index contributed by atoms with van der Waals surface area (Å²) in [6, 6.07) is 6.61. The molecule has 0 spiro atoms. The SMILES string of the molecule is COCC1(CNC(=O)C2(c3cccc(F)c3)CCCCC2)CCNCC1.Cl. The Bertz CT molecular complexity index is 608. The smallest absolute Gasteiger partial charge is 0.230 e. The van der Waals surface area contributed by atoms with Gasteiger partial charge in [-0.3, -0.25) is 4.79 Å². The monoisotopic (exact) mass is 398 g/mol. The Morgan fingerprint density at radius 2 is 1.89 bits per heavy atom. The Kier molecular flexibility index (Phi) is 8.07. The fourth-order valence-electron chi connectivity index (χ4n) is 4.66. The Balaban J connectivity index is 0.00000261. The third-order valence-electron chi connectivity index (χ3n) is 6.26. The molecule has 2 aliphatic rings. The number of halogens is 2. The molecule has 1 aromatic rings. The van der Waals surface area contributed by atoms with Gasteiger partial charge in [0, 0.05) is 19.1 Å². The van der Waals surface area contributed by atoms with Gasteiger partial charge in [-0.2, -0.15) is 0 Å². The minimum Gasteiger partial charge on any atom is -0.384 e. The third kappa shape index (κ3) is 5.01. The molecule has 0 atom stereocenters. The predicted octanol–water partition coefficient (Wildman–Crippen LogP) is 3.58. The van der Waals surface area contributed by atoms with Crippen molar-refractivity contribution in [1.82, 2.24) is 10.6 Å². The molecule has 1 heterocycles. The van der Waals surface area contributed by atoms with E-state index in [9.17, 15) is 9.18 Å². The summed E-state index contributed by atoms with van der Waals surface area (Å²) >= 11 is 0. The van der Waals surface area contributed by atoms with Crippen LogP contribution in [0.15, 0.2) is 24.3 Å². The topological polar surface area (TPSA) is 50.4 Å². The number of carbonyl (C=O) groups is 1. The van der Waals surface area contributed by atoms with Crippen molar-refractivity contribution in [3.05, 3.63) is 35.6 Å². The molecule has 4 nitrogen and oxygen atoms in total. The molecule has 2 fully saturated rings. The molecule has 1 saturated carbocycles. The number of ether oxygens (including phenoxy) is 1. The van der Waals surface area contributed by atoms with Gasteiger partial charge in [0.05, 0.1) is 12.0 Å². The van der Waals surface area contributed by atoms with Gasteiger partial charge in [-0.15, -0.1) is 12.4 Å². The first-order valence-electron chi connectivity index (χ1n) is 9.84. The van der Waals surface area contributed by atoms with E-state index >= 15 is 0 Å². The number of hydrogen-bond donors (Lipinski definition) is 2. The zero-order valence-corrected chi connectivity index (χ0v) is 17.0. The second-order valence-electron chi connectivity index (χ2n) is 8.02. The van der Waals surface area contributed by atoms with E-state index in [-0.39, 0.29) is 29.5 Å². The zero-order valence-electron chi connectivity index (χ0n) is 16.2. The van der Waals surface area contributed by atoms with Crippen LogP contribution in [-0.4, -0.2) is 39.3 Å². The number of amides is 1. The fourth-order valence-corrected chi connectivity index (χ4v) is 4.66. The summed E-state index contributed by atoms with van der Waals surface area (Å²) in [5.74, 6) is -0.216. The fraction of sp³-hybridized carbons (Fsp3) is 0.667. The minimum atomic E-state index is -0.596. The molecule has 0 aromatic heterocycles. The molecule has 0 unspecified atom stereocenters.